The summed E-state index contributed by atoms with van der Waals surface area (Å²) >= 11 is 0. The van der Waals surface area contributed by atoms with E-state index in [0.717, 1.165) is 29.7 Å². The van der Waals surface area contributed by atoms with Gasteiger partial charge in [-0.25, -0.2) is 0 Å². The Morgan fingerprint density at radius 1 is 1.24 bits per heavy atom. The van der Waals surface area contributed by atoms with Crippen LogP contribution in [0.1, 0.15) is 49.3 Å². The maximum Gasteiger partial charge on any atom is 0.0795 e. The van der Waals surface area contributed by atoms with Gasteiger partial charge in [0.2, 0.25) is 0 Å². The zero-order valence-corrected chi connectivity index (χ0v) is 10.6. The number of aliphatic hydroxyl groups is 1. The van der Waals surface area contributed by atoms with Gasteiger partial charge >= 0.3 is 0 Å². The number of benzene rings is 1. The highest BCUT2D eigenvalue weighted by atomic mass is 16.3. The largest absolute Gasteiger partial charge is 0.388 e. The average Bonchev–Trinajstić information content (AvgIpc) is 2.91. The van der Waals surface area contributed by atoms with Crippen molar-refractivity contribution in [3.63, 3.8) is 0 Å². The first-order valence-electron chi connectivity index (χ1n) is 6.97. The third-order valence-corrected chi connectivity index (χ3v) is 4.96. The SMILES string of the molecule is Cc1ccccc1C(O)CC1CC2CCC1C2. The summed E-state index contributed by atoms with van der Waals surface area (Å²) in [6.45, 7) is 2.10. The molecule has 0 aliphatic heterocycles. The molecule has 2 fully saturated rings. The van der Waals surface area contributed by atoms with Crippen molar-refractivity contribution in [1.82, 2.24) is 0 Å². The number of fused-ring (bicyclic) bond motifs is 2. The molecule has 2 bridgehead atoms. The second-order valence-electron chi connectivity index (χ2n) is 6.04. The fourth-order valence-corrected chi connectivity index (χ4v) is 4.04. The fraction of sp³-hybridized carbons (Fsp3) is 0.625. The van der Waals surface area contributed by atoms with Crippen LogP contribution in [0.5, 0.6) is 0 Å². The molecule has 3 rings (SSSR count). The first kappa shape index (κ1) is 11.3. The van der Waals surface area contributed by atoms with Crippen molar-refractivity contribution in [2.75, 3.05) is 0 Å². The van der Waals surface area contributed by atoms with Crippen LogP contribution in [-0.4, -0.2) is 5.11 Å². The Bertz CT molecular complexity index is 398. The second-order valence-corrected chi connectivity index (χ2v) is 6.04. The predicted octanol–water partition coefficient (Wildman–Crippen LogP) is 3.85. The molecule has 0 heterocycles. The van der Waals surface area contributed by atoms with Gasteiger partial charge in [-0.2, -0.15) is 0 Å². The molecule has 0 saturated heterocycles. The first-order valence-corrected chi connectivity index (χ1v) is 6.97. The number of hydrogen-bond acceptors (Lipinski definition) is 1. The molecule has 0 radical (unpaired) electrons. The highest BCUT2D eigenvalue weighted by Crippen LogP contribution is 2.51. The fourth-order valence-electron chi connectivity index (χ4n) is 4.04. The standard InChI is InChI=1S/C16H22O/c1-11-4-2-3-5-15(11)16(17)10-14-9-12-6-7-13(14)8-12/h2-5,12-14,16-17H,6-10H2,1H3. The molecule has 17 heavy (non-hydrogen) atoms. The quantitative estimate of drug-likeness (QED) is 0.836. The molecule has 1 aromatic rings. The smallest absolute Gasteiger partial charge is 0.0795 e. The van der Waals surface area contributed by atoms with E-state index in [1.165, 1.54) is 31.2 Å². The minimum atomic E-state index is -0.249. The van der Waals surface area contributed by atoms with Gasteiger partial charge in [0.05, 0.1) is 6.10 Å². The minimum absolute atomic E-state index is 0.249. The molecule has 2 aliphatic carbocycles. The van der Waals surface area contributed by atoms with Crippen LogP contribution in [0, 0.1) is 24.7 Å². The van der Waals surface area contributed by atoms with Crippen molar-refractivity contribution in [3.05, 3.63) is 35.4 Å². The third-order valence-electron chi connectivity index (χ3n) is 4.96. The first-order chi connectivity index (χ1) is 8.24. The molecule has 0 spiro atoms. The van der Waals surface area contributed by atoms with E-state index in [0.29, 0.717) is 0 Å². The van der Waals surface area contributed by atoms with Crippen LogP contribution in [0.4, 0.5) is 0 Å². The topological polar surface area (TPSA) is 20.2 Å². The number of hydrogen-bond donors (Lipinski definition) is 1. The lowest BCUT2D eigenvalue weighted by atomic mass is 9.83. The molecule has 0 amide bonds. The van der Waals surface area contributed by atoms with E-state index in [1.54, 1.807) is 0 Å². The Labute approximate surface area is 104 Å². The van der Waals surface area contributed by atoms with E-state index in [-0.39, 0.29) is 6.10 Å². The predicted molar refractivity (Wildman–Crippen MR) is 69.7 cm³/mol. The van der Waals surface area contributed by atoms with Gasteiger partial charge in [0, 0.05) is 0 Å². The van der Waals surface area contributed by atoms with E-state index in [1.807, 2.05) is 12.1 Å². The lowest BCUT2D eigenvalue weighted by Crippen LogP contribution is -2.14. The van der Waals surface area contributed by atoms with Crippen LogP contribution >= 0.6 is 0 Å². The van der Waals surface area contributed by atoms with Crippen molar-refractivity contribution in [1.29, 1.82) is 0 Å². The van der Waals surface area contributed by atoms with Crippen molar-refractivity contribution < 1.29 is 5.11 Å². The van der Waals surface area contributed by atoms with Crippen molar-refractivity contribution in [2.24, 2.45) is 17.8 Å². The Hall–Kier alpha value is -0.820. The average molecular weight is 230 g/mol. The molecule has 1 aromatic carbocycles. The van der Waals surface area contributed by atoms with Crippen molar-refractivity contribution in [2.45, 2.75) is 45.1 Å². The monoisotopic (exact) mass is 230 g/mol. The number of aryl methyl sites for hydroxylation is 1. The lowest BCUT2D eigenvalue weighted by Gasteiger charge is -2.25. The third kappa shape index (κ3) is 2.13. The van der Waals surface area contributed by atoms with Crippen LogP contribution < -0.4 is 0 Å². The Balaban J connectivity index is 1.68. The molecular weight excluding hydrogens is 208 g/mol. The van der Waals surface area contributed by atoms with E-state index >= 15 is 0 Å². The van der Waals surface area contributed by atoms with Gasteiger partial charge in [0.25, 0.3) is 0 Å². The summed E-state index contributed by atoms with van der Waals surface area (Å²) in [5.74, 6) is 2.68. The molecule has 4 unspecified atom stereocenters. The van der Waals surface area contributed by atoms with Gasteiger partial charge in [-0.05, 0) is 61.5 Å². The van der Waals surface area contributed by atoms with E-state index < -0.39 is 0 Å². The summed E-state index contributed by atoms with van der Waals surface area (Å²) in [5, 5.41) is 10.4. The Morgan fingerprint density at radius 2 is 2.06 bits per heavy atom. The summed E-state index contributed by atoms with van der Waals surface area (Å²) in [6, 6.07) is 8.25. The summed E-state index contributed by atoms with van der Waals surface area (Å²) in [7, 11) is 0. The van der Waals surface area contributed by atoms with Crippen LogP contribution in [0.15, 0.2) is 24.3 Å². The molecule has 2 aliphatic rings. The highest BCUT2D eigenvalue weighted by Gasteiger charge is 2.40. The zero-order valence-electron chi connectivity index (χ0n) is 10.6. The molecule has 1 N–H and O–H groups in total. The van der Waals surface area contributed by atoms with Gasteiger partial charge in [-0.1, -0.05) is 30.7 Å². The highest BCUT2D eigenvalue weighted by molar-refractivity contribution is 5.27. The molecule has 92 valence electrons. The van der Waals surface area contributed by atoms with Crippen molar-refractivity contribution >= 4 is 0 Å². The molecule has 2 saturated carbocycles. The summed E-state index contributed by atoms with van der Waals surface area (Å²) in [5.41, 5.74) is 2.36. The zero-order chi connectivity index (χ0) is 11.8. The second kappa shape index (κ2) is 4.45. The molecule has 1 nitrogen and oxygen atoms in total. The van der Waals surface area contributed by atoms with Gasteiger partial charge in [0.15, 0.2) is 0 Å². The maximum absolute atomic E-state index is 10.4. The molecule has 1 heteroatoms. The number of aliphatic hydroxyl groups excluding tert-OH is 1. The molecule has 0 aromatic heterocycles. The number of rotatable bonds is 3. The van der Waals surface area contributed by atoms with E-state index in [2.05, 4.69) is 19.1 Å². The lowest BCUT2D eigenvalue weighted by molar-refractivity contribution is 0.125. The summed E-state index contributed by atoms with van der Waals surface area (Å²) < 4.78 is 0. The van der Waals surface area contributed by atoms with E-state index in [4.69, 9.17) is 0 Å². The summed E-state index contributed by atoms with van der Waals surface area (Å²) in [6.07, 6.45) is 6.39. The minimum Gasteiger partial charge on any atom is -0.388 e. The molecule has 4 atom stereocenters. The van der Waals surface area contributed by atoms with Crippen LogP contribution in [-0.2, 0) is 0 Å². The van der Waals surface area contributed by atoms with Gasteiger partial charge in [-0.15, -0.1) is 0 Å². The van der Waals surface area contributed by atoms with E-state index in [9.17, 15) is 5.11 Å². The van der Waals surface area contributed by atoms with Crippen LogP contribution in [0.3, 0.4) is 0 Å². The van der Waals surface area contributed by atoms with Gasteiger partial charge in [0.1, 0.15) is 0 Å². The normalized spacial score (nSPS) is 32.9. The van der Waals surface area contributed by atoms with Gasteiger partial charge in [-0.3, -0.25) is 0 Å². The maximum atomic E-state index is 10.4. The van der Waals surface area contributed by atoms with Gasteiger partial charge < -0.3 is 5.11 Å². The van der Waals surface area contributed by atoms with Crippen molar-refractivity contribution in [3.8, 4) is 0 Å². The van der Waals surface area contributed by atoms with Crippen LogP contribution in [0.25, 0.3) is 0 Å². The Kier molecular flexibility index (Phi) is 2.96. The summed E-state index contributed by atoms with van der Waals surface area (Å²) in [4.78, 5) is 0. The molecular formula is C16H22O. The van der Waals surface area contributed by atoms with Crippen LogP contribution in [0.2, 0.25) is 0 Å². The Morgan fingerprint density at radius 3 is 2.71 bits per heavy atom.